The minimum Gasteiger partial charge on any atom is -0.340 e. The van der Waals surface area contributed by atoms with Crippen LogP contribution < -0.4 is 5.32 Å². The Kier molecular flexibility index (Phi) is 5.02. The van der Waals surface area contributed by atoms with Gasteiger partial charge in [0.1, 0.15) is 16.2 Å². The summed E-state index contributed by atoms with van der Waals surface area (Å²) in [6.45, 7) is 2.09. The topological polar surface area (TPSA) is 37.8 Å². The summed E-state index contributed by atoms with van der Waals surface area (Å²) in [5.41, 5.74) is 0.836. The van der Waals surface area contributed by atoms with Gasteiger partial charge in [-0.2, -0.15) is 0 Å². The van der Waals surface area contributed by atoms with E-state index in [0.29, 0.717) is 10.0 Å². The lowest BCUT2D eigenvalue weighted by Crippen LogP contribution is -2.00. The highest BCUT2D eigenvalue weighted by Crippen LogP contribution is 2.27. The molecule has 19 heavy (non-hydrogen) atoms. The minimum atomic E-state index is 0.508. The predicted molar refractivity (Wildman–Crippen MR) is 83.5 cm³/mol. The van der Waals surface area contributed by atoms with Crippen LogP contribution in [0.25, 0.3) is 0 Å². The Morgan fingerprint density at radius 2 is 1.95 bits per heavy atom. The Bertz CT molecular complexity index is 590. The van der Waals surface area contributed by atoms with Crippen LogP contribution in [0.5, 0.6) is 0 Å². The van der Waals surface area contributed by atoms with Crippen LogP contribution >= 0.6 is 39.1 Å². The van der Waals surface area contributed by atoms with Gasteiger partial charge in [0.2, 0.25) is 0 Å². The molecule has 0 fully saturated rings. The third kappa shape index (κ3) is 4.06. The van der Waals surface area contributed by atoms with Gasteiger partial charge in [-0.15, -0.1) is 0 Å². The summed E-state index contributed by atoms with van der Waals surface area (Å²) in [6, 6.07) is 7.18. The fraction of sp³-hybridized carbons (Fsp3) is 0.231. The van der Waals surface area contributed by atoms with E-state index in [4.69, 9.17) is 23.2 Å². The average Bonchev–Trinajstić information content (AvgIpc) is 2.33. The summed E-state index contributed by atoms with van der Waals surface area (Å²) in [4.78, 5) is 8.76. The van der Waals surface area contributed by atoms with E-state index in [1.165, 1.54) is 0 Å². The molecule has 3 nitrogen and oxygen atoms in total. The molecular formula is C13H12BrCl2N3. The number of aryl methyl sites for hydroxylation is 1. The first-order valence-electron chi connectivity index (χ1n) is 5.84. The lowest BCUT2D eigenvalue weighted by Gasteiger charge is -2.08. The smallest absolute Gasteiger partial charge is 0.135 e. The number of anilines is 2. The maximum absolute atomic E-state index is 5.98. The molecule has 0 unspecified atom stereocenters. The molecule has 0 aliphatic carbocycles. The highest BCUT2D eigenvalue weighted by atomic mass is 79.9. The highest BCUT2D eigenvalue weighted by molar-refractivity contribution is 9.10. The van der Waals surface area contributed by atoms with Gasteiger partial charge in [-0.1, -0.05) is 30.1 Å². The lowest BCUT2D eigenvalue weighted by molar-refractivity contribution is 0.831. The van der Waals surface area contributed by atoms with Crippen LogP contribution in [0.15, 0.2) is 28.9 Å². The van der Waals surface area contributed by atoms with Gasteiger partial charge >= 0.3 is 0 Å². The van der Waals surface area contributed by atoms with E-state index in [1.807, 2.05) is 12.1 Å². The molecular weight excluding hydrogens is 349 g/mol. The number of hydrogen-bond acceptors (Lipinski definition) is 3. The average molecular weight is 361 g/mol. The van der Waals surface area contributed by atoms with Gasteiger partial charge in [0.15, 0.2) is 0 Å². The monoisotopic (exact) mass is 359 g/mol. The van der Waals surface area contributed by atoms with Crippen LogP contribution in [0.1, 0.15) is 19.2 Å². The molecule has 0 amide bonds. The normalized spacial score (nSPS) is 10.5. The van der Waals surface area contributed by atoms with Crippen molar-refractivity contribution in [2.24, 2.45) is 0 Å². The van der Waals surface area contributed by atoms with Gasteiger partial charge in [0.25, 0.3) is 0 Å². The largest absolute Gasteiger partial charge is 0.340 e. The van der Waals surface area contributed by atoms with E-state index in [2.05, 4.69) is 38.1 Å². The molecule has 100 valence electrons. The van der Waals surface area contributed by atoms with Crippen molar-refractivity contribution in [2.75, 3.05) is 5.32 Å². The Morgan fingerprint density at radius 1 is 1.16 bits per heavy atom. The summed E-state index contributed by atoms with van der Waals surface area (Å²) in [5.74, 6) is 1.53. The van der Waals surface area contributed by atoms with Crippen LogP contribution in [0.3, 0.4) is 0 Å². The zero-order valence-electron chi connectivity index (χ0n) is 10.3. The second kappa shape index (κ2) is 6.55. The first-order valence-corrected chi connectivity index (χ1v) is 7.39. The summed E-state index contributed by atoms with van der Waals surface area (Å²) in [7, 11) is 0. The molecule has 0 aliphatic rings. The second-order valence-electron chi connectivity index (χ2n) is 4.00. The van der Waals surface area contributed by atoms with Crippen molar-refractivity contribution >= 4 is 50.6 Å². The van der Waals surface area contributed by atoms with Gasteiger partial charge in [-0.25, -0.2) is 9.97 Å². The Hall–Kier alpha value is -0.840. The van der Waals surface area contributed by atoms with Gasteiger partial charge < -0.3 is 5.32 Å². The number of hydrogen-bond donors (Lipinski definition) is 1. The molecule has 0 saturated heterocycles. The number of nitrogens with one attached hydrogen (secondary N) is 1. The summed E-state index contributed by atoms with van der Waals surface area (Å²) >= 11 is 15.2. The number of aromatic nitrogens is 2. The zero-order valence-corrected chi connectivity index (χ0v) is 13.3. The van der Waals surface area contributed by atoms with Crippen LogP contribution in [0, 0.1) is 0 Å². The van der Waals surface area contributed by atoms with E-state index < -0.39 is 0 Å². The predicted octanol–water partition coefficient (Wildman–Crippen LogP) is 5.24. The van der Waals surface area contributed by atoms with Crippen LogP contribution in [0.2, 0.25) is 10.0 Å². The third-order valence-corrected chi connectivity index (χ3v) is 3.55. The van der Waals surface area contributed by atoms with Gasteiger partial charge in [-0.05, 0) is 40.5 Å². The molecule has 0 aliphatic heterocycles. The number of benzene rings is 1. The molecule has 0 spiro atoms. The van der Waals surface area contributed by atoms with E-state index >= 15 is 0 Å². The minimum absolute atomic E-state index is 0.508. The molecule has 0 atom stereocenters. The first-order chi connectivity index (χ1) is 9.08. The van der Waals surface area contributed by atoms with Crippen molar-refractivity contribution < 1.29 is 0 Å². The molecule has 0 saturated carbocycles. The maximum atomic E-state index is 5.98. The summed E-state index contributed by atoms with van der Waals surface area (Å²) < 4.78 is 0.758. The molecule has 1 N–H and O–H groups in total. The third-order valence-electron chi connectivity index (χ3n) is 2.41. The van der Waals surface area contributed by atoms with Gasteiger partial charge in [-0.3, -0.25) is 0 Å². The zero-order chi connectivity index (χ0) is 13.8. The fourth-order valence-electron chi connectivity index (χ4n) is 1.59. The van der Waals surface area contributed by atoms with Gasteiger partial charge in [0.05, 0.1) is 10.0 Å². The SMILES string of the molecule is CCCc1nc(Br)cc(Nc2ccc(Cl)c(Cl)c2)n1. The Morgan fingerprint density at radius 3 is 2.63 bits per heavy atom. The van der Waals surface area contributed by atoms with E-state index in [-0.39, 0.29) is 0 Å². The molecule has 6 heteroatoms. The Balaban J connectivity index is 2.24. The molecule has 2 rings (SSSR count). The molecule has 0 bridgehead atoms. The van der Waals surface area contributed by atoms with Gasteiger partial charge in [0, 0.05) is 18.2 Å². The highest BCUT2D eigenvalue weighted by Gasteiger charge is 2.04. The summed E-state index contributed by atoms with van der Waals surface area (Å²) in [6.07, 6.45) is 1.85. The van der Waals surface area contributed by atoms with Crippen LogP contribution in [0.4, 0.5) is 11.5 Å². The molecule has 0 radical (unpaired) electrons. The lowest BCUT2D eigenvalue weighted by atomic mass is 10.3. The number of rotatable bonds is 4. The Labute approximate surface area is 130 Å². The van der Waals surface area contributed by atoms with Crippen molar-refractivity contribution in [3.05, 3.63) is 44.7 Å². The van der Waals surface area contributed by atoms with Crippen molar-refractivity contribution in [1.82, 2.24) is 9.97 Å². The van der Waals surface area contributed by atoms with E-state index in [1.54, 1.807) is 12.1 Å². The molecule has 1 aromatic heterocycles. The van der Waals surface area contributed by atoms with E-state index in [0.717, 1.165) is 34.8 Å². The second-order valence-corrected chi connectivity index (χ2v) is 5.62. The first kappa shape index (κ1) is 14.6. The number of halogens is 3. The fourth-order valence-corrected chi connectivity index (χ4v) is 2.31. The summed E-state index contributed by atoms with van der Waals surface area (Å²) in [5, 5.41) is 4.23. The van der Waals surface area contributed by atoms with Crippen molar-refractivity contribution in [3.63, 3.8) is 0 Å². The number of nitrogens with zero attached hydrogens (tertiary/aromatic N) is 2. The van der Waals surface area contributed by atoms with Crippen LogP contribution in [-0.2, 0) is 6.42 Å². The molecule has 1 aromatic carbocycles. The maximum Gasteiger partial charge on any atom is 0.135 e. The molecule has 2 aromatic rings. The standard InChI is InChI=1S/C13H12BrCl2N3/c1-2-3-12-18-11(14)7-13(19-12)17-8-4-5-9(15)10(16)6-8/h4-7H,2-3H2,1H3,(H,17,18,19). The van der Waals surface area contributed by atoms with E-state index in [9.17, 15) is 0 Å². The van der Waals surface area contributed by atoms with Crippen LogP contribution in [-0.4, -0.2) is 9.97 Å². The van der Waals surface area contributed by atoms with Crippen molar-refractivity contribution in [2.45, 2.75) is 19.8 Å². The van der Waals surface area contributed by atoms with Crippen molar-refractivity contribution in [3.8, 4) is 0 Å². The molecule has 1 heterocycles. The quantitative estimate of drug-likeness (QED) is 0.757. The van der Waals surface area contributed by atoms with Crippen molar-refractivity contribution in [1.29, 1.82) is 0 Å².